The van der Waals surface area contributed by atoms with Gasteiger partial charge in [-0.15, -0.1) is 0 Å². The Morgan fingerprint density at radius 3 is 2.28 bits per heavy atom. The first-order valence-corrected chi connectivity index (χ1v) is 11.9. The largest absolute Gasteiger partial charge is 0.494 e. The SMILES string of the molecule is CCOc1ccc(S(=O)(=O)N(CC(=O)Nc2cccc(C)c2C)Cc2ccccc2)cc1. The molecule has 1 amide bonds. The first-order valence-electron chi connectivity index (χ1n) is 10.4. The number of carbonyl (C=O) groups is 1. The Balaban J connectivity index is 1.87. The fourth-order valence-corrected chi connectivity index (χ4v) is 4.66. The lowest BCUT2D eigenvalue weighted by molar-refractivity contribution is -0.116. The molecule has 0 saturated carbocycles. The number of rotatable bonds is 9. The first-order chi connectivity index (χ1) is 15.3. The molecule has 32 heavy (non-hydrogen) atoms. The van der Waals surface area contributed by atoms with Crippen molar-refractivity contribution in [1.82, 2.24) is 4.31 Å². The van der Waals surface area contributed by atoms with Gasteiger partial charge in [0.2, 0.25) is 15.9 Å². The molecule has 6 nitrogen and oxygen atoms in total. The second kappa shape index (κ2) is 10.4. The molecular weight excluding hydrogens is 424 g/mol. The molecule has 0 saturated heterocycles. The third kappa shape index (κ3) is 5.75. The number of aryl methyl sites for hydroxylation is 1. The Morgan fingerprint density at radius 2 is 1.62 bits per heavy atom. The van der Waals surface area contributed by atoms with Crippen LogP contribution in [0.4, 0.5) is 5.69 Å². The van der Waals surface area contributed by atoms with Crippen LogP contribution in [0.2, 0.25) is 0 Å². The van der Waals surface area contributed by atoms with Crippen LogP contribution in [-0.2, 0) is 21.4 Å². The van der Waals surface area contributed by atoms with Crippen molar-refractivity contribution in [3.8, 4) is 5.75 Å². The molecule has 0 bridgehead atoms. The molecule has 0 aliphatic rings. The predicted molar refractivity (Wildman–Crippen MR) is 126 cm³/mol. The van der Waals surface area contributed by atoms with Crippen molar-refractivity contribution >= 4 is 21.6 Å². The summed E-state index contributed by atoms with van der Waals surface area (Å²) in [5, 5.41) is 2.85. The molecule has 0 spiro atoms. The van der Waals surface area contributed by atoms with Gasteiger partial charge in [-0.3, -0.25) is 4.79 Å². The van der Waals surface area contributed by atoms with Gasteiger partial charge in [0.05, 0.1) is 18.0 Å². The molecule has 0 aliphatic heterocycles. The summed E-state index contributed by atoms with van der Waals surface area (Å²) in [5.41, 5.74) is 3.46. The smallest absolute Gasteiger partial charge is 0.243 e. The molecule has 0 radical (unpaired) electrons. The van der Waals surface area contributed by atoms with Gasteiger partial charge < -0.3 is 10.1 Å². The summed E-state index contributed by atoms with van der Waals surface area (Å²) in [7, 11) is -3.92. The molecule has 3 rings (SSSR count). The zero-order valence-corrected chi connectivity index (χ0v) is 19.4. The number of amides is 1. The lowest BCUT2D eigenvalue weighted by Crippen LogP contribution is -2.37. The molecule has 0 fully saturated rings. The van der Waals surface area contributed by atoms with Gasteiger partial charge in [0.15, 0.2) is 0 Å². The molecule has 0 aliphatic carbocycles. The maximum atomic E-state index is 13.4. The number of nitrogens with one attached hydrogen (secondary N) is 1. The van der Waals surface area contributed by atoms with Crippen molar-refractivity contribution in [2.75, 3.05) is 18.5 Å². The molecule has 1 N–H and O–H groups in total. The Labute approximate surface area is 189 Å². The molecule has 0 unspecified atom stereocenters. The number of anilines is 1. The Bertz CT molecular complexity index is 1160. The van der Waals surface area contributed by atoms with E-state index in [1.54, 1.807) is 12.1 Å². The predicted octanol–water partition coefficient (Wildman–Crippen LogP) is 4.53. The standard InChI is InChI=1S/C25H28N2O4S/c1-4-31-22-13-15-23(16-14-22)32(29,30)27(17-21-10-6-5-7-11-21)18-25(28)26-24-12-8-9-19(2)20(24)3/h5-16H,4,17-18H2,1-3H3,(H,26,28). The Morgan fingerprint density at radius 1 is 0.938 bits per heavy atom. The van der Waals surface area contributed by atoms with E-state index in [-0.39, 0.29) is 18.0 Å². The summed E-state index contributed by atoms with van der Waals surface area (Å²) < 4.78 is 33.4. The third-order valence-electron chi connectivity index (χ3n) is 5.17. The fraction of sp³-hybridized carbons (Fsp3) is 0.240. The van der Waals surface area contributed by atoms with Crippen molar-refractivity contribution in [2.45, 2.75) is 32.2 Å². The molecule has 3 aromatic rings. The van der Waals surface area contributed by atoms with Gasteiger partial charge in [0, 0.05) is 12.2 Å². The van der Waals surface area contributed by atoms with Crippen molar-refractivity contribution < 1.29 is 17.9 Å². The highest BCUT2D eigenvalue weighted by Crippen LogP contribution is 2.22. The fourth-order valence-electron chi connectivity index (χ4n) is 3.27. The lowest BCUT2D eigenvalue weighted by atomic mass is 10.1. The van der Waals surface area contributed by atoms with Gasteiger partial charge in [-0.1, -0.05) is 42.5 Å². The van der Waals surface area contributed by atoms with Crippen LogP contribution in [0.25, 0.3) is 0 Å². The van der Waals surface area contributed by atoms with Gasteiger partial charge in [-0.25, -0.2) is 8.42 Å². The normalized spacial score (nSPS) is 11.4. The van der Waals surface area contributed by atoms with Crippen molar-refractivity contribution in [2.24, 2.45) is 0 Å². The number of hydrogen-bond donors (Lipinski definition) is 1. The number of nitrogens with zero attached hydrogens (tertiary/aromatic N) is 1. The molecule has 7 heteroatoms. The van der Waals surface area contributed by atoms with Crippen molar-refractivity contribution in [3.63, 3.8) is 0 Å². The number of hydrogen-bond acceptors (Lipinski definition) is 4. The van der Waals surface area contributed by atoms with E-state index in [0.29, 0.717) is 18.0 Å². The van der Waals surface area contributed by atoms with E-state index < -0.39 is 15.9 Å². The van der Waals surface area contributed by atoms with Gasteiger partial charge in [0.1, 0.15) is 5.75 Å². The average Bonchev–Trinajstić information content (AvgIpc) is 2.78. The van der Waals surface area contributed by atoms with Crippen LogP contribution in [-0.4, -0.2) is 31.8 Å². The first kappa shape index (κ1) is 23.5. The maximum absolute atomic E-state index is 13.4. The van der Waals surface area contributed by atoms with E-state index in [2.05, 4.69) is 5.32 Å². The van der Waals surface area contributed by atoms with Crippen LogP contribution in [0.3, 0.4) is 0 Å². The van der Waals surface area contributed by atoms with E-state index >= 15 is 0 Å². The number of carbonyl (C=O) groups excluding carboxylic acids is 1. The highest BCUT2D eigenvalue weighted by Gasteiger charge is 2.27. The van der Waals surface area contributed by atoms with E-state index in [9.17, 15) is 13.2 Å². The lowest BCUT2D eigenvalue weighted by Gasteiger charge is -2.22. The van der Waals surface area contributed by atoms with Crippen molar-refractivity contribution in [3.05, 3.63) is 89.5 Å². The monoisotopic (exact) mass is 452 g/mol. The van der Waals surface area contributed by atoms with Crippen LogP contribution in [0, 0.1) is 13.8 Å². The minimum Gasteiger partial charge on any atom is -0.494 e. The molecule has 0 heterocycles. The molecule has 0 atom stereocenters. The molecular formula is C25H28N2O4S. The van der Waals surface area contributed by atoms with E-state index in [0.717, 1.165) is 16.7 Å². The second-order valence-electron chi connectivity index (χ2n) is 7.46. The quantitative estimate of drug-likeness (QED) is 0.518. The summed E-state index contributed by atoms with van der Waals surface area (Å²) in [6.45, 7) is 6.01. The summed E-state index contributed by atoms with van der Waals surface area (Å²) in [6.07, 6.45) is 0. The summed E-state index contributed by atoms with van der Waals surface area (Å²) in [6, 6.07) is 21.1. The molecule has 168 valence electrons. The van der Waals surface area contributed by atoms with Gasteiger partial charge >= 0.3 is 0 Å². The van der Waals surface area contributed by atoms with E-state index in [1.807, 2.05) is 69.3 Å². The highest BCUT2D eigenvalue weighted by atomic mass is 32.2. The number of ether oxygens (including phenoxy) is 1. The number of sulfonamides is 1. The van der Waals surface area contributed by atoms with E-state index in [1.165, 1.54) is 16.4 Å². The Kier molecular flexibility index (Phi) is 7.66. The van der Waals surface area contributed by atoms with E-state index in [4.69, 9.17) is 4.74 Å². The second-order valence-corrected chi connectivity index (χ2v) is 9.40. The minimum absolute atomic E-state index is 0.0800. The van der Waals surface area contributed by atoms with Crippen molar-refractivity contribution in [1.29, 1.82) is 0 Å². The summed E-state index contributed by atoms with van der Waals surface area (Å²) in [4.78, 5) is 13.0. The minimum atomic E-state index is -3.92. The van der Waals surface area contributed by atoms with Crippen LogP contribution < -0.4 is 10.1 Å². The van der Waals surface area contributed by atoms with Gasteiger partial charge in [-0.2, -0.15) is 4.31 Å². The summed E-state index contributed by atoms with van der Waals surface area (Å²) >= 11 is 0. The summed E-state index contributed by atoms with van der Waals surface area (Å²) in [5.74, 6) is 0.192. The van der Waals surface area contributed by atoms with Crippen LogP contribution in [0.15, 0.2) is 77.7 Å². The average molecular weight is 453 g/mol. The Hall–Kier alpha value is -3.16. The van der Waals surface area contributed by atoms with Crippen LogP contribution in [0.1, 0.15) is 23.6 Å². The molecule has 3 aromatic carbocycles. The van der Waals surface area contributed by atoms with Crippen LogP contribution >= 0.6 is 0 Å². The topological polar surface area (TPSA) is 75.7 Å². The third-order valence-corrected chi connectivity index (χ3v) is 6.98. The zero-order chi connectivity index (χ0) is 23.1. The van der Waals surface area contributed by atoms with Gasteiger partial charge in [-0.05, 0) is 67.8 Å². The maximum Gasteiger partial charge on any atom is 0.243 e. The van der Waals surface area contributed by atoms with Crippen LogP contribution in [0.5, 0.6) is 5.75 Å². The molecule has 0 aromatic heterocycles. The number of benzene rings is 3. The highest BCUT2D eigenvalue weighted by molar-refractivity contribution is 7.89. The zero-order valence-electron chi connectivity index (χ0n) is 18.5. The van der Waals surface area contributed by atoms with Gasteiger partial charge in [0.25, 0.3) is 0 Å².